The molecule has 2 N–H and O–H groups in total. The zero-order valence-corrected chi connectivity index (χ0v) is 16.2. The lowest BCUT2D eigenvalue weighted by Crippen LogP contribution is -2.11. The third kappa shape index (κ3) is 4.37. The Hall–Kier alpha value is -3.55. The number of carboxylic acids is 1. The van der Waals surface area contributed by atoms with Crippen molar-refractivity contribution in [3.8, 4) is 22.8 Å². The lowest BCUT2D eigenvalue weighted by atomic mass is 9.97. The molecule has 0 aliphatic carbocycles. The van der Waals surface area contributed by atoms with Crippen molar-refractivity contribution < 1.29 is 32.9 Å². The summed E-state index contributed by atoms with van der Waals surface area (Å²) in [5.41, 5.74) is 2.30. The maximum Gasteiger partial charge on any atom is 0.341 e. The maximum atomic E-state index is 14.6. The zero-order chi connectivity index (χ0) is 22.0. The minimum absolute atomic E-state index is 0.0728. The molecule has 1 heterocycles. The van der Waals surface area contributed by atoms with Crippen LogP contribution in [-0.2, 0) is 11.2 Å². The van der Waals surface area contributed by atoms with E-state index in [1.54, 1.807) is 19.9 Å². The Morgan fingerprint density at radius 3 is 2.47 bits per heavy atom. The molecule has 3 aromatic rings. The predicted molar refractivity (Wildman–Crippen MR) is 103 cm³/mol. The monoisotopic (exact) mass is 417 g/mol. The SMILES string of the molecule is Cc1cc(OCC(=O)O)c(F)c(C)c1Cc1ccc(O)c(-c2ccc(F)c(F)c2)n1. The Kier molecular flexibility index (Phi) is 5.96. The minimum atomic E-state index is -1.22. The standard InChI is InChI=1S/C22H18F3NO4/c1-11-7-19(30-10-20(28)29)21(25)12(2)15(11)9-14-4-6-18(27)22(26-14)13-3-5-16(23)17(24)8-13/h3-8,27H,9-10H2,1-2H3,(H,28,29). The van der Waals surface area contributed by atoms with E-state index in [1.807, 2.05) is 0 Å². The highest BCUT2D eigenvalue weighted by Crippen LogP contribution is 2.31. The average molecular weight is 417 g/mol. The van der Waals surface area contributed by atoms with E-state index in [0.29, 0.717) is 16.8 Å². The van der Waals surface area contributed by atoms with Gasteiger partial charge in [-0.15, -0.1) is 0 Å². The molecule has 0 radical (unpaired) electrons. The van der Waals surface area contributed by atoms with Crippen LogP contribution in [0.5, 0.6) is 11.5 Å². The highest BCUT2D eigenvalue weighted by molar-refractivity contribution is 5.68. The van der Waals surface area contributed by atoms with Gasteiger partial charge in [0, 0.05) is 17.7 Å². The average Bonchev–Trinajstić information content (AvgIpc) is 2.70. The maximum absolute atomic E-state index is 14.6. The summed E-state index contributed by atoms with van der Waals surface area (Å²) < 4.78 is 46.4. The van der Waals surface area contributed by atoms with Crippen LogP contribution in [0, 0.1) is 31.3 Å². The number of ether oxygens (including phenoxy) is 1. The molecule has 156 valence electrons. The van der Waals surface area contributed by atoms with Gasteiger partial charge in [-0.1, -0.05) is 0 Å². The van der Waals surface area contributed by atoms with Gasteiger partial charge in [-0.2, -0.15) is 0 Å². The van der Waals surface area contributed by atoms with Gasteiger partial charge in [0.2, 0.25) is 0 Å². The molecular weight excluding hydrogens is 399 g/mol. The number of pyridine rings is 1. The van der Waals surface area contributed by atoms with Gasteiger partial charge in [0.25, 0.3) is 0 Å². The highest BCUT2D eigenvalue weighted by atomic mass is 19.2. The Bertz CT molecular complexity index is 1130. The Labute approximate surface area is 170 Å². The summed E-state index contributed by atoms with van der Waals surface area (Å²) in [6.07, 6.45) is 0.199. The van der Waals surface area contributed by atoms with E-state index in [0.717, 1.165) is 12.1 Å². The van der Waals surface area contributed by atoms with Gasteiger partial charge in [-0.25, -0.2) is 22.9 Å². The van der Waals surface area contributed by atoms with Gasteiger partial charge in [0.05, 0.1) is 0 Å². The van der Waals surface area contributed by atoms with Crippen molar-refractivity contribution >= 4 is 5.97 Å². The molecular formula is C22H18F3NO4. The molecule has 0 atom stereocenters. The fourth-order valence-electron chi connectivity index (χ4n) is 3.10. The van der Waals surface area contributed by atoms with E-state index in [2.05, 4.69) is 4.98 Å². The van der Waals surface area contributed by atoms with Crippen molar-refractivity contribution in [2.24, 2.45) is 0 Å². The molecule has 0 amide bonds. The van der Waals surface area contributed by atoms with Crippen molar-refractivity contribution in [1.29, 1.82) is 0 Å². The van der Waals surface area contributed by atoms with E-state index in [9.17, 15) is 23.1 Å². The molecule has 0 saturated heterocycles. The summed E-state index contributed by atoms with van der Waals surface area (Å²) in [6, 6.07) is 7.52. The smallest absolute Gasteiger partial charge is 0.341 e. The van der Waals surface area contributed by atoms with Crippen LogP contribution in [0.1, 0.15) is 22.4 Å². The Morgan fingerprint density at radius 1 is 1.07 bits per heavy atom. The topological polar surface area (TPSA) is 79.7 Å². The lowest BCUT2D eigenvalue weighted by Gasteiger charge is -2.15. The number of hydrogen-bond acceptors (Lipinski definition) is 4. The number of aromatic hydroxyl groups is 1. The molecule has 0 fully saturated rings. The van der Waals surface area contributed by atoms with Crippen LogP contribution in [0.2, 0.25) is 0 Å². The number of halogens is 3. The van der Waals surface area contributed by atoms with E-state index in [4.69, 9.17) is 9.84 Å². The second-order valence-corrected chi connectivity index (χ2v) is 6.77. The highest BCUT2D eigenvalue weighted by Gasteiger charge is 2.17. The fourth-order valence-corrected chi connectivity index (χ4v) is 3.10. The van der Waals surface area contributed by atoms with Crippen LogP contribution in [-0.4, -0.2) is 27.8 Å². The van der Waals surface area contributed by atoms with Crippen molar-refractivity contribution in [2.45, 2.75) is 20.3 Å². The largest absolute Gasteiger partial charge is 0.506 e. The molecule has 8 heteroatoms. The number of nitrogens with zero attached hydrogens (tertiary/aromatic N) is 1. The summed E-state index contributed by atoms with van der Waals surface area (Å²) >= 11 is 0. The van der Waals surface area contributed by atoms with Gasteiger partial charge in [-0.05, 0) is 66.9 Å². The molecule has 3 rings (SSSR count). The van der Waals surface area contributed by atoms with Crippen molar-refractivity contribution in [2.75, 3.05) is 6.61 Å². The van der Waals surface area contributed by atoms with Gasteiger partial charge in [-0.3, -0.25) is 0 Å². The molecule has 0 aliphatic rings. The number of rotatable bonds is 6. The van der Waals surface area contributed by atoms with Gasteiger partial charge >= 0.3 is 5.97 Å². The molecule has 0 saturated carbocycles. The van der Waals surface area contributed by atoms with Crippen molar-refractivity contribution in [1.82, 2.24) is 4.98 Å². The Morgan fingerprint density at radius 2 is 1.80 bits per heavy atom. The third-order valence-corrected chi connectivity index (χ3v) is 4.66. The first-order valence-corrected chi connectivity index (χ1v) is 8.95. The molecule has 5 nitrogen and oxygen atoms in total. The van der Waals surface area contributed by atoms with Crippen LogP contribution in [0.25, 0.3) is 11.3 Å². The number of aromatic nitrogens is 1. The van der Waals surface area contributed by atoms with Crippen molar-refractivity contribution in [3.63, 3.8) is 0 Å². The minimum Gasteiger partial charge on any atom is -0.506 e. The molecule has 1 aromatic heterocycles. The van der Waals surface area contributed by atoms with E-state index in [1.165, 1.54) is 18.2 Å². The zero-order valence-electron chi connectivity index (χ0n) is 16.2. The van der Waals surface area contributed by atoms with Gasteiger partial charge in [0.15, 0.2) is 29.8 Å². The number of carbonyl (C=O) groups is 1. The van der Waals surface area contributed by atoms with E-state index >= 15 is 0 Å². The number of aryl methyl sites for hydroxylation is 1. The molecule has 30 heavy (non-hydrogen) atoms. The molecule has 0 unspecified atom stereocenters. The second-order valence-electron chi connectivity index (χ2n) is 6.77. The third-order valence-electron chi connectivity index (χ3n) is 4.66. The first-order chi connectivity index (χ1) is 14.2. The van der Waals surface area contributed by atoms with Crippen LogP contribution in [0.4, 0.5) is 13.2 Å². The molecule has 0 bridgehead atoms. The summed E-state index contributed by atoms with van der Waals surface area (Å²) in [5, 5.41) is 18.8. The van der Waals surface area contributed by atoms with Crippen LogP contribution < -0.4 is 4.74 Å². The second kappa shape index (κ2) is 8.44. The number of aliphatic carboxylic acids is 1. The van der Waals surface area contributed by atoms with Crippen LogP contribution >= 0.6 is 0 Å². The number of hydrogen-bond donors (Lipinski definition) is 2. The predicted octanol–water partition coefficient (Wildman–Crippen LogP) is 4.54. The summed E-state index contributed by atoms with van der Waals surface area (Å²) in [7, 11) is 0. The summed E-state index contributed by atoms with van der Waals surface area (Å²) in [5.74, 6) is -4.33. The Balaban J connectivity index is 1.96. The van der Waals surface area contributed by atoms with Gasteiger partial charge in [0.1, 0.15) is 11.4 Å². The normalized spacial score (nSPS) is 10.8. The van der Waals surface area contributed by atoms with E-state index in [-0.39, 0.29) is 34.7 Å². The number of carboxylic acid groups (broad SMARTS) is 1. The van der Waals surface area contributed by atoms with Crippen molar-refractivity contribution in [3.05, 3.63) is 76.2 Å². The lowest BCUT2D eigenvalue weighted by molar-refractivity contribution is -0.139. The van der Waals surface area contributed by atoms with Crippen LogP contribution in [0.3, 0.4) is 0 Å². The number of benzene rings is 2. The molecule has 0 spiro atoms. The first kappa shape index (κ1) is 21.2. The summed E-state index contributed by atoms with van der Waals surface area (Å²) in [4.78, 5) is 15.0. The van der Waals surface area contributed by atoms with E-state index < -0.39 is 30.0 Å². The summed E-state index contributed by atoms with van der Waals surface area (Å²) in [6.45, 7) is 2.61. The van der Waals surface area contributed by atoms with Gasteiger partial charge < -0.3 is 14.9 Å². The fraction of sp³-hybridized carbons (Fsp3) is 0.182. The molecule has 0 aliphatic heterocycles. The van der Waals surface area contributed by atoms with Crippen LogP contribution in [0.15, 0.2) is 36.4 Å². The quantitative estimate of drug-likeness (QED) is 0.616. The molecule has 2 aromatic carbocycles. The first-order valence-electron chi connectivity index (χ1n) is 8.95.